The second kappa shape index (κ2) is 4.78. The summed E-state index contributed by atoms with van der Waals surface area (Å²) in [6.07, 6.45) is 13.4. The largest absolute Gasteiger partial charge is 0.346 e. The molecule has 4 nitrogen and oxygen atoms in total. The average Bonchev–Trinajstić information content (AvgIpc) is 3.04. The van der Waals surface area contributed by atoms with Crippen LogP contribution in [0.3, 0.4) is 0 Å². The van der Waals surface area contributed by atoms with E-state index in [9.17, 15) is 0 Å². The van der Waals surface area contributed by atoms with Crippen molar-refractivity contribution in [2.45, 2.75) is 32.2 Å². The minimum absolute atomic E-state index is 0.931. The molecule has 1 aliphatic carbocycles. The Kier molecular flexibility index (Phi) is 2.80. The summed E-state index contributed by atoms with van der Waals surface area (Å²) in [5.41, 5.74) is 3.31. The van der Waals surface area contributed by atoms with Gasteiger partial charge in [0, 0.05) is 36.1 Å². The van der Waals surface area contributed by atoms with Crippen molar-refractivity contribution in [2.75, 3.05) is 0 Å². The van der Waals surface area contributed by atoms with Crippen LogP contribution in [0, 0.1) is 5.92 Å². The van der Waals surface area contributed by atoms with E-state index in [1.807, 2.05) is 18.6 Å². The molecule has 0 aliphatic heterocycles. The summed E-state index contributed by atoms with van der Waals surface area (Å²) in [6.45, 7) is 1.03. The summed E-state index contributed by atoms with van der Waals surface area (Å²) in [7, 11) is 0. The van der Waals surface area contributed by atoms with Gasteiger partial charge >= 0.3 is 0 Å². The fourth-order valence-corrected chi connectivity index (χ4v) is 2.93. The summed E-state index contributed by atoms with van der Waals surface area (Å²) in [5.74, 6) is 0.931. The Morgan fingerprint density at radius 3 is 3.10 bits per heavy atom. The Labute approximate surface area is 117 Å². The molecule has 1 aliphatic rings. The summed E-state index contributed by atoms with van der Waals surface area (Å²) in [6, 6.07) is 4.13. The number of nitrogens with one attached hydrogen (secondary N) is 1. The van der Waals surface area contributed by atoms with Crippen molar-refractivity contribution in [1.82, 2.24) is 19.7 Å². The van der Waals surface area contributed by atoms with Gasteiger partial charge < -0.3 is 4.98 Å². The van der Waals surface area contributed by atoms with Crippen molar-refractivity contribution in [3.8, 4) is 11.1 Å². The lowest BCUT2D eigenvalue weighted by atomic mass is 9.83. The van der Waals surface area contributed by atoms with Gasteiger partial charge in [0.15, 0.2) is 0 Å². The third kappa shape index (κ3) is 2.01. The van der Waals surface area contributed by atoms with Crippen molar-refractivity contribution in [1.29, 1.82) is 0 Å². The van der Waals surface area contributed by atoms with Crippen LogP contribution in [0.2, 0.25) is 0 Å². The number of aromatic amines is 1. The van der Waals surface area contributed by atoms with E-state index in [0.29, 0.717) is 0 Å². The Bertz CT molecular complexity index is 721. The van der Waals surface area contributed by atoms with Gasteiger partial charge in [0.2, 0.25) is 0 Å². The first-order chi connectivity index (χ1) is 9.90. The first-order valence-corrected chi connectivity index (χ1v) is 7.35. The first kappa shape index (κ1) is 11.7. The molecule has 3 aromatic heterocycles. The maximum Gasteiger partial charge on any atom is 0.137 e. The van der Waals surface area contributed by atoms with Crippen molar-refractivity contribution >= 4 is 11.0 Å². The molecule has 1 N–H and O–H groups in total. The molecule has 0 unspecified atom stereocenters. The van der Waals surface area contributed by atoms with Gasteiger partial charge in [0.1, 0.15) is 5.65 Å². The van der Waals surface area contributed by atoms with E-state index in [-0.39, 0.29) is 0 Å². The molecule has 20 heavy (non-hydrogen) atoms. The number of aromatic nitrogens is 4. The molecule has 0 radical (unpaired) electrons. The van der Waals surface area contributed by atoms with Gasteiger partial charge in [0.05, 0.1) is 6.20 Å². The van der Waals surface area contributed by atoms with E-state index in [1.165, 1.54) is 36.8 Å². The zero-order chi connectivity index (χ0) is 13.4. The molecular formula is C16H18N4. The van der Waals surface area contributed by atoms with Gasteiger partial charge in [-0.3, -0.25) is 4.68 Å². The topological polar surface area (TPSA) is 46.5 Å². The summed E-state index contributed by atoms with van der Waals surface area (Å²) in [4.78, 5) is 7.48. The van der Waals surface area contributed by atoms with Crippen LogP contribution in [0.5, 0.6) is 0 Å². The third-order valence-electron chi connectivity index (χ3n) is 4.40. The van der Waals surface area contributed by atoms with Crippen LogP contribution >= 0.6 is 0 Å². The normalized spacial score (nSPS) is 15.6. The zero-order valence-electron chi connectivity index (χ0n) is 11.4. The van der Waals surface area contributed by atoms with E-state index < -0.39 is 0 Å². The SMILES string of the molecule is c1cc(-c2cnn(CCC3CCC3)c2)c2cc[nH]c2n1. The lowest BCUT2D eigenvalue weighted by Crippen LogP contribution is -2.13. The highest BCUT2D eigenvalue weighted by Gasteiger charge is 2.17. The number of pyridine rings is 1. The highest BCUT2D eigenvalue weighted by molar-refractivity contribution is 5.92. The molecule has 0 saturated heterocycles. The van der Waals surface area contributed by atoms with Crippen LogP contribution in [0.25, 0.3) is 22.2 Å². The van der Waals surface area contributed by atoms with E-state index in [0.717, 1.165) is 23.5 Å². The second-order valence-corrected chi connectivity index (χ2v) is 5.68. The molecule has 0 atom stereocenters. The van der Waals surface area contributed by atoms with Crippen LogP contribution in [0.4, 0.5) is 0 Å². The van der Waals surface area contributed by atoms with Crippen molar-refractivity contribution < 1.29 is 0 Å². The van der Waals surface area contributed by atoms with Gasteiger partial charge in [-0.25, -0.2) is 4.98 Å². The standard InChI is InChI=1S/C16H18N4/c1-2-12(3-1)6-9-20-11-13(10-19-20)14-4-7-17-16-15(14)5-8-18-16/h4-5,7-8,10-12H,1-3,6,9H2,(H,17,18). The Morgan fingerprint density at radius 1 is 1.30 bits per heavy atom. The molecule has 0 spiro atoms. The molecule has 0 amide bonds. The molecular weight excluding hydrogens is 248 g/mol. The first-order valence-electron chi connectivity index (χ1n) is 7.35. The van der Waals surface area contributed by atoms with Crippen LogP contribution in [-0.2, 0) is 6.54 Å². The van der Waals surface area contributed by atoms with Gasteiger partial charge in [-0.1, -0.05) is 19.3 Å². The van der Waals surface area contributed by atoms with Gasteiger partial charge in [0.25, 0.3) is 0 Å². The van der Waals surface area contributed by atoms with Crippen molar-refractivity contribution in [3.05, 3.63) is 36.9 Å². The van der Waals surface area contributed by atoms with E-state index >= 15 is 0 Å². The molecule has 1 saturated carbocycles. The minimum atomic E-state index is 0.931. The Hall–Kier alpha value is -2.10. The molecule has 3 aromatic rings. The van der Waals surface area contributed by atoms with Crippen LogP contribution in [0.1, 0.15) is 25.7 Å². The fourth-order valence-electron chi connectivity index (χ4n) is 2.93. The number of hydrogen-bond donors (Lipinski definition) is 1. The molecule has 0 aromatic carbocycles. The smallest absolute Gasteiger partial charge is 0.137 e. The third-order valence-corrected chi connectivity index (χ3v) is 4.40. The van der Waals surface area contributed by atoms with E-state index in [1.54, 1.807) is 0 Å². The molecule has 0 bridgehead atoms. The van der Waals surface area contributed by atoms with E-state index in [2.05, 4.69) is 38.1 Å². The number of fused-ring (bicyclic) bond motifs is 1. The highest BCUT2D eigenvalue weighted by atomic mass is 15.3. The fraction of sp³-hybridized carbons (Fsp3) is 0.375. The van der Waals surface area contributed by atoms with Gasteiger partial charge in [-0.2, -0.15) is 5.10 Å². The second-order valence-electron chi connectivity index (χ2n) is 5.68. The number of aryl methyl sites for hydroxylation is 1. The lowest BCUT2D eigenvalue weighted by molar-refractivity contribution is 0.278. The summed E-state index contributed by atoms with van der Waals surface area (Å²) in [5, 5.41) is 5.66. The highest BCUT2D eigenvalue weighted by Crippen LogP contribution is 2.30. The molecule has 4 rings (SSSR count). The predicted octanol–water partition coefficient (Wildman–Crippen LogP) is 3.62. The monoisotopic (exact) mass is 266 g/mol. The van der Waals surface area contributed by atoms with E-state index in [4.69, 9.17) is 0 Å². The quantitative estimate of drug-likeness (QED) is 0.784. The van der Waals surface area contributed by atoms with Crippen LogP contribution in [0.15, 0.2) is 36.9 Å². The van der Waals surface area contributed by atoms with Crippen LogP contribution in [-0.4, -0.2) is 19.7 Å². The van der Waals surface area contributed by atoms with Gasteiger partial charge in [-0.05, 0) is 30.0 Å². The Morgan fingerprint density at radius 2 is 2.25 bits per heavy atom. The molecule has 1 fully saturated rings. The van der Waals surface area contributed by atoms with Crippen molar-refractivity contribution in [3.63, 3.8) is 0 Å². The molecule has 3 heterocycles. The lowest BCUT2D eigenvalue weighted by Gasteiger charge is -2.24. The van der Waals surface area contributed by atoms with Crippen molar-refractivity contribution in [2.24, 2.45) is 5.92 Å². The maximum absolute atomic E-state index is 4.50. The number of hydrogen-bond acceptors (Lipinski definition) is 2. The summed E-state index contributed by atoms with van der Waals surface area (Å²) >= 11 is 0. The predicted molar refractivity (Wildman–Crippen MR) is 79.3 cm³/mol. The average molecular weight is 266 g/mol. The Balaban J connectivity index is 1.59. The number of nitrogens with zero attached hydrogens (tertiary/aromatic N) is 3. The summed E-state index contributed by atoms with van der Waals surface area (Å²) < 4.78 is 2.08. The maximum atomic E-state index is 4.50. The number of H-pyrrole nitrogens is 1. The number of rotatable bonds is 4. The molecule has 102 valence electrons. The zero-order valence-corrected chi connectivity index (χ0v) is 11.4. The molecule has 4 heteroatoms. The minimum Gasteiger partial charge on any atom is -0.346 e. The van der Waals surface area contributed by atoms with Gasteiger partial charge in [-0.15, -0.1) is 0 Å². The van der Waals surface area contributed by atoms with Crippen LogP contribution < -0.4 is 0 Å².